The van der Waals surface area contributed by atoms with Crippen molar-refractivity contribution in [1.82, 2.24) is 14.6 Å². The Hall–Kier alpha value is -2.47. The van der Waals surface area contributed by atoms with Crippen LogP contribution in [0.4, 0.5) is 5.69 Å². The van der Waals surface area contributed by atoms with E-state index in [4.69, 9.17) is 5.14 Å². The number of thiazole rings is 1. The van der Waals surface area contributed by atoms with Crippen LogP contribution in [0.1, 0.15) is 6.42 Å². The third-order valence-electron chi connectivity index (χ3n) is 3.94. The van der Waals surface area contributed by atoms with E-state index in [1.54, 1.807) is 11.3 Å². The molecule has 0 radical (unpaired) electrons. The molecule has 4 aromatic rings. The summed E-state index contributed by atoms with van der Waals surface area (Å²) in [4.78, 5) is 13.0. The summed E-state index contributed by atoms with van der Waals surface area (Å²) in [6.45, 7) is 0. The molecule has 2 heterocycles. The predicted octanol–water partition coefficient (Wildman–Crippen LogP) is 2.71. The molecule has 2 aromatic carbocycles. The van der Waals surface area contributed by atoms with Crippen molar-refractivity contribution in [1.29, 1.82) is 0 Å². The maximum absolute atomic E-state index is 12.1. The molecule has 0 saturated heterocycles. The predicted molar refractivity (Wildman–Crippen MR) is 110 cm³/mol. The number of hydrogen-bond donors (Lipinski definition) is 2. The van der Waals surface area contributed by atoms with Crippen LogP contribution < -0.4 is 10.5 Å². The SMILES string of the molecule is NS(=O)(=O)c1ccc(NC(=O)CCSc2nnc3sc4ccccc4n23)cc1. The van der Waals surface area contributed by atoms with Crippen molar-refractivity contribution in [3.05, 3.63) is 48.5 Å². The lowest BCUT2D eigenvalue weighted by Crippen LogP contribution is -2.14. The van der Waals surface area contributed by atoms with Gasteiger partial charge in [0.1, 0.15) is 0 Å². The zero-order valence-electron chi connectivity index (χ0n) is 14.4. The van der Waals surface area contributed by atoms with Gasteiger partial charge in [0.25, 0.3) is 0 Å². The van der Waals surface area contributed by atoms with Gasteiger partial charge in [0.2, 0.25) is 20.9 Å². The number of aromatic nitrogens is 3. The fourth-order valence-corrected chi connectivity index (χ4v) is 5.06. The van der Waals surface area contributed by atoms with Gasteiger partial charge in [-0.3, -0.25) is 9.20 Å². The van der Waals surface area contributed by atoms with Crippen LogP contribution in [-0.4, -0.2) is 34.7 Å². The molecule has 0 aliphatic rings. The normalized spacial score (nSPS) is 11.9. The number of nitrogens with two attached hydrogens (primary N) is 1. The molecule has 0 saturated carbocycles. The molecular weight excluding hydrogens is 418 g/mol. The van der Waals surface area contributed by atoms with E-state index in [1.807, 2.05) is 28.7 Å². The fourth-order valence-electron chi connectivity index (χ4n) is 2.64. The van der Waals surface area contributed by atoms with Crippen molar-refractivity contribution in [2.75, 3.05) is 11.1 Å². The maximum Gasteiger partial charge on any atom is 0.238 e. The number of amides is 1. The number of benzene rings is 2. The molecule has 144 valence electrons. The summed E-state index contributed by atoms with van der Waals surface area (Å²) in [7, 11) is -3.75. The highest BCUT2D eigenvalue weighted by molar-refractivity contribution is 7.99. The minimum absolute atomic E-state index is 0.000122. The summed E-state index contributed by atoms with van der Waals surface area (Å²) >= 11 is 3.03. The van der Waals surface area contributed by atoms with E-state index in [2.05, 4.69) is 15.5 Å². The van der Waals surface area contributed by atoms with Crippen LogP contribution in [0.3, 0.4) is 0 Å². The van der Waals surface area contributed by atoms with Gasteiger partial charge in [0, 0.05) is 17.9 Å². The number of sulfonamides is 1. The van der Waals surface area contributed by atoms with Crippen molar-refractivity contribution in [3.63, 3.8) is 0 Å². The average molecular weight is 434 g/mol. The fraction of sp³-hybridized carbons (Fsp3) is 0.118. The molecule has 0 aliphatic carbocycles. The van der Waals surface area contributed by atoms with Crippen LogP contribution >= 0.6 is 23.1 Å². The number of carbonyl (C=O) groups excluding carboxylic acids is 1. The molecule has 0 bridgehead atoms. The lowest BCUT2D eigenvalue weighted by atomic mass is 10.3. The smallest absolute Gasteiger partial charge is 0.238 e. The summed E-state index contributed by atoms with van der Waals surface area (Å²) in [5, 5.41) is 16.9. The van der Waals surface area contributed by atoms with Crippen LogP contribution in [0.2, 0.25) is 0 Å². The average Bonchev–Trinajstić information content (AvgIpc) is 3.21. The highest BCUT2D eigenvalue weighted by atomic mass is 32.2. The Kier molecular flexibility index (Phi) is 5.06. The van der Waals surface area contributed by atoms with Crippen molar-refractivity contribution < 1.29 is 13.2 Å². The number of fused-ring (bicyclic) bond motifs is 3. The van der Waals surface area contributed by atoms with Crippen molar-refractivity contribution in [2.24, 2.45) is 5.14 Å². The first-order valence-corrected chi connectivity index (χ1v) is 11.5. The second-order valence-electron chi connectivity index (χ2n) is 5.89. The molecule has 0 unspecified atom stereocenters. The van der Waals surface area contributed by atoms with E-state index in [0.717, 1.165) is 20.3 Å². The van der Waals surface area contributed by atoms with Crippen molar-refractivity contribution in [3.8, 4) is 0 Å². The molecule has 11 heteroatoms. The molecule has 0 spiro atoms. The molecule has 3 N–H and O–H groups in total. The summed E-state index contributed by atoms with van der Waals surface area (Å²) < 4.78 is 25.6. The number of primary sulfonamides is 1. The van der Waals surface area contributed by atoms with E-state index >= 15 is 0 Å². The number of nitrogens with one attached hydrogen (secondary N) is 1. The largest absolute Gasteiger partial charge is 0.326 e. The molecular formula is C17H15N5O3S3. The van der Waals surface area contributed by atoms with E-state index in [0.29, 0.717) is 11.4 Å². The van der Waals surface area contributed by atoms with Crippen molar-refractivity contribution in [2.45, 2.75) is 16.5 Å². The molecule has 28 heavy (non-hydrogen) atoms. The number of rotatable bonds is 6. The van der Waals surface area contributed by atoms with Gasteiger partial charge in [-0.1, -0.05) is 35.2 Å². The molecule has 0 atom stereocenters. The standard InChI is InChI=1S/C17H15N5O3S3/c18-28(24,25)12-7-5-11(6-8-12)19-15(23)9-10-26-16-20-21-17-22(16)13-3-1-2-4-14(13)27-17/h1-8H,9-10H2,(H,19,23)(H2,18,24,25). The Bertz CT molecular complexity index is 1260. The second kappa shape index (κ2) is 7.51. The molecule has 0 fully saturated rings. The van der Waals surface area contributed by atoms with Gasteiger partial charge in [0.15, 0.2) is 5.16 Å². The first kappa shape index (κ1) is 18.9. The third-order valence-corrected chi connectivity index (χ3v) is 6.81. The van der Waals surface area contributed by atoms with Gasteiger partial charge in [-0.2, -0.15) is 0 Å². The molecule has 0 aliphatic heterocycles. The number of hydrogen-bond acceptors (Lipinski definition) is 7. The Labute approximate surface area is 168 Å². The van der Waals surface area contributed by atoms with E-state index in [9.17, 15) is 13.2 Å². The van der Waals surface area contributed by atoms with Gasteiger partial charge in [-0.05, 0) is 36.4 Å². The number of anilines is 1. The Balaban J connectivity index is 1.37. The quantitative estimate of drug-likeness (QED) is 0.451. The zero-order chi connectivity index (χ0) is 19.7. The second-order valence-corrected chi connectivity index (χ2v) is 9.52. The van der Waals surface area contributed by atoms with Gasteiger partial charge < -0.3 is 5.32 Å². The summed E-state index contributed by atoms with van der Waals surface area (Å²) in [5.74, 6) is 0.360. The van der Waals surface area contributed by atoms with E-state index in [-0.39, 0.29) is 17.2 Å². The Morgan fingerprint density at radius 2 is 1.89 bits per heavy atom. The van der Waals surface area contributed by atoms with Crippen LogP contribution in [-0.2, 0) is 14.8 Å². The van der Waals surface area contributed by atoms with E-state index in [1.165, 1.54) is 36.0 Å². The lowest BCUT2D eigenvalue weighted by molar-refractivity contribution is -0.115. The first-order chi connectivity index (χ1) is 13.4. The summed E-state index contributed by atoms with van der Waals surface area (Å²) in [5.41, 5.74) is 1.56. The summed E-state index contributed by atoms with van der Waals surface area (Å²) in [6.07, 6.45) is 0.276. The lowest BCUT2D eigenvalue weighted by Gasteiger charge is -2.05. The monoisotopic (exact) mass is 433 g/mol. The molecule has 1 amide bonds. The molecule has 4 rings (SSSR count). The minimum atomic E-state index is -3.75. The van der Waals surface area contributed by atoms with Crippen LogP contribution in [0.25, 0.3) is 15.2 Å². The van der Waals surface area contributed by atoms with Crippen LogP contribution in [0.15, 0.2) is 58.6 Å². The zero-order valence-corrected chi connectivity index (χ0v) is 16.9. The third kappa shape index (κ3) is 3.87. The first-order valence-electron chi connectivity index (χ1n) is 8.20. The molecule has 2 aromatic heterocycles. The topological polar surface area (TPSA) is 119 Å². The number of thioether (sulfide) groups is 1. The Morgan fingerprint density at radius 3 is 2.64 bits per heavy atom. The number of para-hydroxylation sites is 1. The minimum Gasteiger partial charge on any atom is -0.326 e. The highest BCUT2D eigenvalue weighted by Gasteiger charge is 2.13. The van der Waals surface area contributed by atoms with Gasteiger partial charge in [-0.25, -0.2) is 13.6 Å². The number of carbonyl (C=O) groups is 1. The van der Waals surface area contributed by atoms with Crippen molar-refractivity contribution >= 4 is 59.9 Å². The van der Waals surface area contributed by atoms with Gasteiger partial charge in [0.05, 0.1) is 15.1 Å². The van der Waals surface area contributed by atoms with Crippen LogP contribution in [0, 0.1) is 0 Å². The summed E-state index contributed by atoms with van der Waals surface area (Å²) in [6, 6.07) is 13.7. The van der Waals surface area contributed by atoms with Gasteiger partial charge in [-0.15, -0.1) is 10.2 Å². The maximum atomic E-state index is 12.1. The number of nitrogens with zero attached hydrogens (tertiary/aromatic N) is 3. The molecule has 8 nitrogen and oxygen atoms in total. The highest BCUT2D eigenvalue weighted by Crippen LogP contribution is 2.29. The van der Waals surface area contributed by atoms with Gasteiger partial charge >= 0.3 is 0 Å². The Morgan fingerprint density at radius 1 is 1.14 bits per heavy atom. The van der Waals surface area contributed by atoms with E-state index < -0.39 is 10.0 Å². The van der Waals surface area contributed by atoms with Crippen LogP contribution in [0.5, 0.6) is 0 Å².